The maximum atomic E-state index is 12.6. The van der Waals surface area contributed by atoms with Crippen LogP contribution in [-0.2, 0) is 13.1 Å². The van der Waals surface area contributed by atoms with E-state index < -0.39 is 0 Å². The Morgan fingerprint density at radius 1 is 1.16 bits per heavy atom. The van der Waals surface area contributed by atoms with Gasteiger partial charge in [0.25, 0.3) is 5.56 Å². The van der Waals surface area contributed by atoms with Crippen LogP contribution in [-0.4, -0.2) is 17.0 Å². The Kier molecular flexibility index (Phi) is 4.21. The highest BCUT2D eigenvalue weighted by Gasteiger charge is 2.16. The number of quaternary nitrogens is 1. The van der Waals surface area contributed by atoms with Crippen LogP contribution in [0.3, 0.4) is 0 Å². The van der Waals surface area contributed by atoms with E-state index in [1.807, 2.05) is 35.7 Å². The number of nitrogens with zero attached hydrogens (tertiary/aromatic N) is 1. The second kappa shape index (κ2) is 6.66. The van der Waals surface area contributed by atoms with E-state index in [4.69, 9.17) is 4.42 Å². The Morgan fingerprint density at radius 2 is 2.00 bits per heavy atom. The molecule has 1 aromatic carbocycles. The van der Waals surface area contributed by atoms with Crippen LogP contribution in [0, 0.1) is 0 Å². The van der Waals surface area contributed by atoms with Crippen molar-refractivity contribution in [3.05, 3.63) is 75.8 Å². The molecule has 0 aliphatic carbocycles. The van der Waals surface area contributed by atoms with Crippen molar-refractivity contribution in [1.82, 2.24) is 9.97 Å². The lowest BCUT2D eigenvalue weighted by Crippen LogP contribution is -3.06. The number of thiophene rings is 1. The van der Waals surface area contributed by atoms with E-state index in [1.54, 1.807) is 6.26 Å². The molecule has 0 saturated carbocycles. The fraction of sp³-hybridized carbons (Fsp3) is 0.158. The molecule has 0 aliphatic rings. The van der Waals surface area contributed by atoms with E-state index >= 15 is 0 Å². The molecule has 4 rings (SSSR count). The van der Waals surface area contributed by atoms with Crippen molar-refractivity contribution in [3.8, 4) is 11.3 Å². The van der Waals surface area contributed by atoms with Crippen LogP contribution in [0.4, 0.5) is 0 Å². The highest BCUT2D eigenvalue weighted by atomic mass is 32.1. The van der Waals surface area contributed by atoms with Crippen molar-refractivity contribution in [2.24, 2.45) is 0 Å². The zero-order valence-corrected chi connectivity index (χ0v) is 14.6. The molecule has 1 unspecified atom stereocenters. The summed E-state index contributed by atoms with van der Waals surface area (Å²) in [6.07, 6.45) is 1.61. The molecule has 6 heteroatoms. The summed E-state index contributed by atoms with van der Waals surface area (Å²) < 4.78 is 5.42. The predicted molar refractivity (Wildman–Crippen MR) is 98.7 cm³/mol. The van der Waals surface area contributed by atoms with Crippen LogP contribution in [0.25, 0.3) is 21.5 Å². The normalized spacial score (nSPS) is 12.5. The van der Waals surface area contributed by atoms with E-state index in [0.29, 0.717) is 23.5 Å². The van der Waals surface area contributed by atoms with Crippen molar-refractivity contribution in [2.75, 3.05) is 7.05 Å². The maximum Gasteiger partial charge on any atom is 0.260 e. The van der Waals surface area contributed by atoms with Crippen LogP contribution in [0.5, 0.6) is 0 Å². The van der Waals surface area contributed by atoms with Crippen molar-refractivity contribution in [2.45, 2.75) is 13.1 Å². The van der Waals surface area contributed by atoms with Gasteiger partial charge in [0, 0.05) is 16.5 Å². The van der Waals surface area contributed by atoms with Gasteiger partial charge in [-0.3, -0.25) is 4.79 Å². The first-order valence-electron chi connectivity index (χ1n) is 8.10. The molecule has 0 radical (unpaired) electrons. The van der Waals surface area contributed by atoms with E-state index in [-0.39, 0.29) is 5.56 Å². The molecular formula is C19H18N3O2S+. The SMILES string of the molecule is C[NH+](Cc1ccccc1)Cc1nc2scc(-c3ccco3)c2c(=O)[nH]1. The Hall–Kier alpha value is -2.70. The molecule has 25 heavy (non-hydrogen) atoms. The number of hydrogen-bond donors (Lipinski definition) is 2. The minimum atomic E-state index is -0.111. The Labute approximate surface area is 148 Å². The molecule has 0 bridgehead atoms. The fourth-order valence-corrected chi connectivity index (χ4v) is 3.93. The summed E-state index contributed by atoms with van der Waals surface area (Å²) in [6.45, 7) is 1.54. The predicted octanol–water partition coefficient (Wildman–Crippen LogP) is 2.46. The summed E-state index contributed by atoms with van der Waals surface area (Å²) in [6, 6.07) is 14.0. The third-order valence-corrected chi connectivity index (χ3v) is 4.97. The van der Waals surface area contributed by atoms with E-state index in [9.17, 15) is 4.79 Å². The largest absolute Gasteiger partial charge is 0.464 e. The Morgan fingerprint density at radius 3 is 2.76 bits per heavy atom. The van der Waals surface area contributed by atoms with Crippen LogP contribution >= 0.6 is 11.3 Å². The third kappa shape index (κ3) is 3.26. The Balaban J connectivity index is 1.60. The first-order chi connectivity index (χ1) is 12.2. The molecule has 0 aliphatic heterocycles. The van der Waals surface area contributed by atoms with E-state index in [1.165, 1.54) is 21.8 Å². The molecule has 126 valence electrons. The molecule has 0 fully saturated rings. The monoisotopic (exact) mass is 352 g/mol. The molecule has 0 saturated heterocycles. The van der Waals surface area contributed by atoms with Gasteiger partial charge in [-0.25, -0.2) is 4.98 Å². The van der Waals surface area contributed by atoms with Crippen molar-refractivity contribution < 1.29 is 9.32 Å². The summed E-state index contributed by atoms with van der Waals surface area (Å²) in [4.78, 5) is 22.2. The van der Waals surface area contributed by atoms with Gasteiger partial charge < -0.3 is 14.3 Å². The summed E-state index contributed by atoms with van der Waals surface area (Å²) in [5.41, 5.74) is 1.95. The second-order valence-electron chi connectivity index (χ2n) is 6.12. The van der Waals surface area contributed by atoms with Crippen LogP contribution in [0.2, 0.25) is 0 Å². The number of fused-ring (bicyclic) bond motifs is 1. The van der Waals surface area contributed by atoms with Gasteiger partial charge in [0.1, 0.15) is 23.7 Å². The maximum absolute atomic E-state index is 12.6. The summed E-state index contributed by atoms with van der Waals surface area (Å²) in [5, 5.41) is 2.53. The number of rotatable bonds is 5. The van der Waals surface area contributed by atoms with Gasteiger partial charge in [0.2, 0.25) is 0 Å². The second-order valence-corrected chi connectivity index (χ2v) is 6.97. The molecule has 0 spiro atoms. The van der Waals surface area contributed by atoms with E-state index in [0.717, 1.165) is 16.9 Å². The average molecular weight is 352 g/mol. The highest BCUT2D eigenvalue weighted by Crippen LogP contribution is 2.30. The topological polar surface area (TPSA) is 63.3 Å². The zero-order valence-electron chi connectivity index (χ0n) is 13.8. The summed E-state index contributed by atoms with van der Waals surface area (Å²) >= 11 is 1.47. The average Bonchev–Trinajstić information content (AvgIpc) is 3.24. The highest BCUT2D eigenvalue weighted by molar-refractivity contribution is 7.17. The van der Waals surface area contributed by atoms with Gasteiger partial charge in [-0.1, -0.05) is 30.3 Å². The van der Waals surface area contributed by atoms with Gasteiger partial charge in [0.05, 0.1) is 18.7 Å². The number of aromatic amines is 1. The van der Waals surface area contributed by atoms with E-state index in [2.05, 4.69) is 29.1 Å². The number of aromatic nitrogens is 2. The van der Waals surface area contributed by atoms with Crippen molar-refractivity contribution in [1.29, 1.82) is 0 Å². The van der Waals surface area contributed by atoms with Crippen LogP contribution in [0.15, 0.2) is 63.3 Å². The van der Waals surface area contributed by atoms with Gasteiger partial charge in [-0.15, -0.1) is 11.3 Å². The number of benzene rings is 1. The number of nitrogens with one attached hydrogen (secondary N) is 2. The molecule has 0 amide bonds. The quantitative estimate of drug-likeness (QED) is 0.580. The molecule has 1 atom stereocenters. The minimum Gasteiger partial charge on any atom is -0.464 e. The lowest BCUT2D eigenvalue weighted by Gasteiger charge is -2.13. The van der Waals surface area contributed by atoms with Crippen molar-refractivity contribution >= 4 is 21.6 Å². The molecule has 3 aromatic heterocycles. The molecule has 3 heterocycles. The minimum absolute atomic E-state index is 0.111. The standard InChI is InChI=1S/C19H17N3O2S/c1-22(10-13-6-3-2-4-7-13)11-16-20-18(23)17-14(12-25-19(17)21-16)15-8-5-9-24-15/h2-9,12H,10-11H2,1H3,(H,20,21,23)/p+1. The fourth-order valence-electron chi connectivity index (χ4n) is 2.98. The first-order valence-corrected chi connectivity index (χ1v) is 8.98. The summed E-state index contributed by atoms with van der Waals surface area (Å²) in [7, 11) is 2.10. The molecule has 2 N–H and O–H groups in total. The molecular weight excluding hydrogens is 334 g/mol. The van der Waals surface area contributed by atoms with Gasteiger partial charge in [-0.2, -0.15) is 0 Å². The van der Waals surface area contributed by atoms with Crippen molar-refractivity contribution in [3.63, 3.8) is 0 Å². The zero-order chi connectivity index (χ0) is 17.2. The lowest BCUT2D eigenvalue weighted by molar-refractivity contribution is -0.908. The number of H-pyrrole nitrogens is 1. The number of furan rings is 1. The molecule has 4 aromatic rings. The molecule has 5 nitrogen and oxygen atoms in total. The summed E-state index contributed by atoms with van der Waals surface area (Å²) in [5.74, 6) is 1.40. The van der Waals surface area contributed by atoms with Gasteiger partial charge in [0.15, 0.2) is 5.82 Å². The lowest BCUT2D eigenvalue weighted by atomic mass is 10.2. The number of hydrogen-bond acceptors (Lipinski definition) is 4. The van der Waals surface area contributed by atoms with Gasteiger partial charge in [-0.05, 0) is 12.1 Å². The van der Waals surface area contributed by atoms with Crippen LogP contribution in [0.1, 0.15) is 11.4 Å². The van der Waals surface area contributed by atoms with Gasteiger partial charge >= 0.3 is 0 Å². The smallest absolute Gasteiger partial charge is 0.260 e. The Bertz CT molecular complexity index is 1040. The van der Waals surface area contributed by atoms with Crippen LogP contribution < -0.4 is 10.5 Å². The first kappa shape index (κ1) is 15.8. The third-order valence-electron chi connectivity index (χ3n) is 4.10.